The zero-order valence-electron chi connectivity index (χ0n) is 24.2. The molecule has 2 fully saturated rings. The zero-order valence-corrected chi connectivity index (χ0v) is 26.9. The van der Waals surface area contributed by atoms with E-state index in [0.717, 1.165) is 21.7 Å². The van der Waals surface area contributed by atoms with Crippen LogP contribution in [0.5, 0.6) is 0 Å². The van der Waals surface area contributed by atoms with Gasteiger partial charge in [-0.3, -0.25) is 18.2 Å². The van der Waals surface area contributed by atoms with Crippen molar-refractivity contribution in [3.8, 4) is 0 Å². The van der Waals surface area contributed by atoms with Crippen LogP contribution in [-0.2, 0) is 36.5 Å². The Hall–Kier alpha value is -3.06. The standard InChI is InChI=1S/C21H28N7O18P3/c22-15-9-16(25-6-24-15)28(21(23)26-9)18-13(45-48(37,38)39)10(29)8(43-18)5-42-49(40,41)46-47(35,36)20(34)14-11(30)12(31)17(44-14)27-3-1-2-7(4-27)19(32)33/h1-4,6,8,10-14,17-18,20,29-31,34H,5H2,(H8-,22,23,24,25,26,32,33,35,36,37,38,39,40,41)/p+1/t8-,10-,11+,12-,13-,14-,17-,18-,20?/m1/s1. The number of hydrogen-bond acceptors (Lipinski definition) is 18. The van der Waals surface area contributed by atoms with Crippen LogP contribution in [0, 0.1) is 0 Å². The molecule has 0 aromatic carbocycles. The van der Waals surface area contributed by atoms with Crippen LogP contribution in [-0.4, -0.2) is 120 Å². The van der Waals surface area contributed by atoms with E-state index in [1.807, 2.05) is 0 Å². The third kappa shape index (κ3) is 7.67. The number of carbonyl (C=O) groups is 1. The van der Waals surface area contributed by atoms with Gasteiger partial charge in [-0.15, -0.1) is 0 Å². The van der Waals surface area contributed by atoms with Crippen LogP contribution in [0.2, 0.25) is 0 Å². The summed E-state index contributed by atoms with van der Waals surface area (Å²) < 4.78 is 63.8. The number of hydrogen-bond donors (Lipinski definition) is 11. The molecule has 0 bridgehead atoms. The number of ether oxygens (including phenoxy) is 2. The van der Waals surface area contributed by atoms with Crippen molar-refractivity contribution in [2.75, 3.05) is 18.1 Å². The topological polar surface area (TPSA) is 396 Å². The van der Waals surface area contributed by atoms with Crippen LogP contribution in [0.25, 0.3) is 11.2 Å². The number of phosphoric acid groups is 2. The Kier molecular flexibility index (Phi) is 10.3. The quantitative estimate of drug-likeness (QED) is 0.0635. The monoisotopic (exact) mass is 760 g/mol. The molecule has 5 rings (SSSR count). The fraction of sp³-hybridized carbons (Fsp3) is 0.476. The van der Waals surface area contributed by atoms with E-state index in [1.54, 1.807) is 0 Å². The molecule has 2 saturated heterocycles. The molecule has 0 amide bonds. The minimum Gasteiger partial charge on any atom is -0.477 e. The van der Waals surface area contributed by atoms with Gasteiger partial charge >= 0.3 is 29.2 Å². The Morgan fingerprint density at radius 2 is 1.76 bits per heavy atom. The van der Waals surface area contributed by atoms with Gasteiger partial charge < -0.3 is 66.0 Å². The second-order valence-corrected chi connectivity index (χ2v) is 15.2. The molecule has 25 nitrogen and oxygen atoms in total. The molecule has 0 aliphatic carbocycles. The van der Waals surface area contributed by atoms with Crippen molar-refractivity contribution < 1.29 is 91.0 Å². The first-order valence-electron chi connectivity index (χ1n) is 13.5. The van der Waals surface area contributed by atoms with Gasteiger partial charge in [0.05, 0.1) is 6.61 Å². The van der Waals surface area contributed by atoms with Crippen molar-refractivity contribution in [3.63, 3.8) is 0 Å². The second-order valence-electron chi connectivity index (χ2n) is 10.5. The maximum Gasteiger partial charge on any atom is 0.479 e. The van der Waals surface area contributed by atoms with Crippen molar-refractivity contribution >= 4 is 52.1 Å². The molecular weight excluding hydrogens is 731 g/mol. The summed E-state index contributed by atoms with van der Waals surface area (Å²) in [6.45, 7) is -1.19. The number of imidazole rings is 1. The molecule has 270 valence electrons. The molecule has 49 heavy (non-hydrogen) atoms. The van der Waals surface area contributed by atoms with Crippen LogP contribution in [0.3, 0.4) is 0 Å². The number of phosphoric ester groups is 2. The number of aromatic nitrogens is 5. The number of nitrogen functional groups attached to an aromatic ring is 2. The Bertz CT molecular complexity index is 1880. The summed E-state index contributed by atoms with van der Waals surface area (Å²) in [7, 11) is -16.8. The number of aromatic carboxylic acids is 1. The van der Waals surface area contributed by atoms with Crippen molar-refractivity contribution in [3.05, 3.63) is 36.4 Å². The smallest absolute Gasteiger partial charge is 0.477 e. The van der Waals surface area contributed by atoms with Gasteiger partial charge in [-0.05, 0) is 6.07 Å². The first kappa shape index (κ1) is 37.2. The molecule has 0 spiro atoms. The van der Waals surface area contributed by atoms with Gasteiger partial charge in [0.1, 0.15) is 42.4 Å². The van der Waals surface area contributed by atoms with Crippen LogP contribution in [0.4, 0.5) is 11.8 Å². The summed E-state index contributed by atoms with van der Waals surface area (Å²) in [5.41, 5.74) is 11.2. The van der Waals surface area contributed by atoms with Gasteiger partial charge in [-0.1, -0.05) is 0 Å². The molecule has 2 aliphatic rings. The SMILES string of the molecule is Nc1ncnc2c1nc(N)n2[C@@H]1O[C@H](COP(=O)(O)OP(=O)(O)C(O)[C@@H]2O[C@@H]([n+]3cccc(C(=O)O)c3)[C@H](O)[C@@H]2O)[C@@H](O)[C@H]1OP(=O)(O)O. The lowest BCUT2D eigenvalue weighted by atomic mass is 10.1. The van der Waals surface area contributed by atoms with Crippen LogP contribution in [0.1, 0.15) is 22.8 Å². The van der Waals surface area contributed by atoms with Crippen molar-refractivity contribution in [1.29, 1.82) is 0 Å². The van der Waals surface area contributed by atoms with E-state index in [0.29, 0.717) is 0 Å². The molecule has 2 aliphatic heterocycles. The number of aliphatic hydroxyl groups excluding tert-OH is 4. The lowest BCUT2D eigenvalue weighted by Gasteiger charge is -2.25. The average molecular weight is 760 g/mol. The van der Waals surface area contributed by atoms with Crippen LogP contribution in [0.15, 0.2) is 30.9 Å². The Balaban J connectivity index is 1.30. The highest BCUT2D eigenvalue weighted by Crippen LogP contribution is 2.63. The van der Waals surface area contributed by atoms with E-state index in [1.165, 1.54) is 18.3 Å². The van der Waals surface area contributed by atoms with Gasteiger partial charge in [-0.2, -0.15) is 4.57 Å². The van der Waals surface area contributed by atoms with E-state index in [2.05, 4.69) is 28.3 Å². The lowest BCUT2D eigenvalue weighted by molar-refractivity contribution is -0.766. The molecule has 28 heteroatoms. The lowest BCUT2D eigenvalue weighted by Crippen LogP contribution is -2.46. The minimum absolute atomic E-state index is 0.0687. The van der Waals surface area contributed by atoms with Gasteiger partial charge in [0.2, 0.25) is 5.95 Å². The second kappa shape index (κ2) is 13.6. The molecule has 11 atom stereocenters. The van der Waals surface area contributed by atoms with Gasteiger partial charge in [0.25, 0.3) is 6.23 Å². The molecule has 5 heterocycles. The summed E-state index contributed by atoms with van der Waals surface area (Å²) >= 11 is 0. The largest absolute Gasteiger partial charge is 0.479 e. The highest BCUT2D eigenvalue weighted by molar-refractivity contribution is 7.64. The molecule has 3 aromatic heterocycles. The number of pyridine rings is 1. The first-order valence-corrected chi connectivity index (χ1v) is 18.1. The molecular formula is C21H29N7O18P3+. The summed E-state index contributed by atoms with van der Waals surface area (Å²) in [5.74, 6) is -4.72. The molecule has 3 aromatic rings. The van der Waals surface area contributed by atoms with Gasteiger partial charge in [0.15, 0.2) is 47.6 Å². The third-order valence-corrected chi connectivity index (χ3v) is 11.0. The highest BCUT2D eigenvalue weighted by Gasteiger charge is 2.57. The number of fused-ring (bicyclic) bond motifs is 1. The van der Waals surface area contributed by atoms with Gasteiger partial charge in [0, 0.05) is 6.07 Å². The normalized spacial score (nSPS) is 30.6. The Morgan fingerprint density at radius 3 is 2.41 bits per heavy atom. The molecule has 3 unspecified atom stereocenters. The summed E-state index contributed by atoms with van der Waals surface area (Å²) in [6, 6.07) is 2.44. The predicted octanol–water partition coefficient (Wildman–Crippen LogP) is -3.33. The molecule has 0 saturated carbocycles. The zero-order chi connectivity index (χ0) is 36.2. The molecule has 0 radical (unpaired) electrons. The van der Waals surface area contributed by atoms with Crippen LogP contribution < -0.4 is 16.0 Å². The number of anilines is 2. The number of carboxylic acid groups (broad SMARTS) is 1. The number of carboxylic acids is 1. The maximum absolute atomic E-state index is 12.9. The highest BCUT2D eigenvalue weighted by atomic mass is 31.3. The first-order chi connectivity index (χ1) is 22.7. The average Bonchev–Trinajstić information content (AvgIpc) is 3.60. The summed E-state index contributed by atoms with van der Waals surface area (Å²) in [4.78, 5) is 62.4. The van der Waals surface area contributed by atoms with Crippen molar-refractivity contribution in [2.24, 2.45) is 0 Å². The summed E-state index contributed by atoms with van der Waals surface area (Å²) in [5, 5.41) is 51.4. The minimum atomic E-state index is -5.74. The predicted molar refractivity (Wildman–Crippen MR) is 153 cm³/mol. The van der Waals surface area contributed by atoms with Crippen LogP contribution >= 0.6 is 23.2 Å². The number of aliphatic hydroxyl groups is 4. The third-order valence-electron chi connectivity index (χ3n) is 7.25. The van der Waals surface area contributed by atoms with E-state index in [4.69, 9.17) is 20.9 Å². The Morgan fingerprint density at radius 1 is 1.06 bits per heavy atom. The van der Waals surface area contributed by atoms with Gasteiger partial charge in [-0.25, -0.2) is 33.2 Å². The van der Waals surface area contributed by atoms with E-state index in [-0.39, 0.29) is 22.5 Å². The fourth-order valence-corrected chi connectivity index (χ4v) is 8.32. The number of rotatable bonds is 12. The van der Waals surface area contributed by atoms with E-state index in [9.17, 15) is 63.6 Å². The number of nitrogens with two attached hydrogens (primary N) is 2. The fourth-order valence-electron chi connectivity index (χ4n) is 5.06. The van der Waals surface area contributed by atoms with Crippen molar-refractivity contribution in [2.45, 2.75) is 54.9 Å². The maximum atomic E-state index is 12.9. The number of nitrogens with zero attached hydrogens (tertiary/aromatic N) is 5. The Labute approximate surface area is 272 Å². The van der Waals surface area contributed by atoms with Crippen molar-refractivity contribution in [1.82, 2.24) is 19.5 Å². The summed E-state index contributed by atoms with van der Waals surface area (Å²) in [6.07, 6.45) is -12.1. The molecule has 13 N–H and O–H groups in total. The van der Waals surface area contributed by atoms with E-state index < -0.39 is 96.7 Å². The van der Waals surface area contributed by atoms with E-state index >= 15 is 0 Å².